The number of amides is 1. The van der Waals surface area contributed by atoms with Gasteiger partial charge in [-0.1, -0.05) is 12.8 Å². The van der Waals surface area contributed by atoms with Crippen LogP contribution in [0.25, 0.3) is 0 Å². The van der Waals surface area contributed by atoms with Crippen LogP contribution < -0.4 is 0 Å². The van der Waals surface area contributed by atoms with E-state index in [9.17, 15) is 4.79 Å². The molecule has 0 N–H and O–H groups in total. The predicted octanol–water partition coefficient (Wildman–Crippen LogP) is 4.21. The minimum Gasteiger partial charge on any atom is -0.341 e. The van der Waals surface area contributed by atoms with E-state index in [-0.39, 0.29) is 16.8 Å². The third-order valence-electron chi connectivity index (χ3n) is 6.96. The van der Waals surface area contributed by atoms with Crippen LogP contribution in [0.1, 0.15) is 64.2 Å². The first kappa shape index (κ1) is 14.4. The van der Waals surface area contributed by atoms with E-state index >= 15 is 0 Å². The fourth-order valence-corrected chi connectivity index (χ4v) is 6.85. The molecule has 1 amide bonds. The van der Waals surface area contributed by atoms with Gasteiger partial charge in [0.1, 0.15) is 0 Å². The standard InChI is InChI=1S/C18H28ClNO/c1-20(16-5-3-2-4-15(16)19)17(21)18-9-12-6-13(10-18)8-14(7-12)11-18/h12-16H,2-11H2,1H3. The molecule has 3 heteroatoms. The minimum absolute atomic E-state index is 0.00242. The van der Waals surface area contributed by atoms with Crippen molar-refractivity contribution < 1.29 is 4.79 Å². The zero-order valence-electron chi connectivity index (χ0n) is 13.2. The van der Waals surface area contributed by atoms with E-state index in [2.05, 4.69) is 4.90 Å². The summed E-state index contributed by atoms with van der Waals surface area (Å²) in [5.41, 5.74) is -0.00242. The molecule has 0 saturated heterocycles. The highest BCUT2D eigenvalue weighted by Crippen LogP contribution is 2.60. The van der Waals surface area contributed by atoms with Gasteiger partial charge in [0, 0.05) is 13.1 Å². The molecular weight excluding hydrogens is 282 g/mol. The SMILES string of the molecule is CN(C(=O)C12CC3CC(CC(C3)C1)C2)C1CCCCC1Cl. The first-order valence-corrected chi connectivity index (χ1v) is 9.42. The number of alkyl halides is 1. The molecule has 5 aliphatic carbocycles. The van der Waals surface area contributed by atoms with Gasteiger partial charge < -0.3 is 4.90 Å². The van der Waals surface area contributed by atoms with Gasteiger partial charge >= 0.3 is 0 Å². The van der Waals surface area contributed by atoms with Gasteiger partial charge in [-0.2, -0.15) is 0 Å². The zero-order chi connectivity index (χ0) is 14.6. The molecule has 5 saturated carbocycles. The average Bonchev–Trinajstić information content (AvgIpc) is 2.45. The number of halogens is 1. The van der Waals surface area contributed by atoms with Crippen LogP contribution in [-0.2, 0) is 4.79 Å². The molecule has 0 radical (unpaired) electrons. The summed E-state index contributed by atoms with van der Waals surface area (Å²) in [5, 5.41) is 0.168. The van der Waals surface area contributed by atoms with E-state index < -0.39 is 0 Å². The van der Waals surface area contributed by atoms with E-state index in [1.165, 1.54) is 51.4 Å². The predicted molar refractivity (Wildman–Crippen MR) is 85.3 cm³/mol. The van der Waals surface area contributed by atoms with Crippen molar-refractivity contribution in [3.63, 3.8) is 0 Å². The normalized spacial score (nSPS) is 48.4. The summed E-state index contributed by atoms with van der Waals surface area (Å²) < 4.78 is 0. The highest BCUT2D eigenvalue weighted by atomic mass is 35.5. The number of rotatable bonds is 2. The molecule has 5 aliphatic rings. The maximum absolute atomic E-state index is 13.3. The van der Waals surface area contributed by atoms with Crippen molar-refractivity contribution in [2.45, 2.75) is 75.6 Å². The van der Waals surface area contributed by atoms with Crippen LogP contribution in [0.4, 0.5) is 0 Å². The zero-order valence-corrected chi connectivity index (χ0v) is 13.9. The lowest BCUT2D eigenvalue weighted by Gasteiger charge is -2.57. The van der Waals surface area contributed by atoms with Gasteiger partial charge in [-0.05, 0) is 69.1 Å². The second-order valence-electron chi connectivity index (χ2n) is 8.48. The third kappa shape index (κ3) is 2.33. The highest BCUT2D eigenvalue weighted by Gasteiger charge is 2.55. The first-order chi connectivity index (χ1) is 10.1. The molecule has 0 aromatic rings. The van der Waals surface area contributed by atoms with Gasteiger partial charge in [0.25, 0.3) is 0 Å². The van der Waals surface area contributed by atoms with E-state index in [0.717, 1.165) is 30.6 Å². The molecule has 2 nitrogen and oxygen atoms in total. The van der Waals surface area contributed by atoms with Gasteiger partial charge in [-0.25, -0.2) is 0 Å². The van der Waals surface area contributed by atoms with Gasteiger partial charge in [0.2, 0.25) is 5.91 Å². The lowest BCUT2D eigenvalue weighted by molar-refractivity contribution is -0.159. The number of carbonyl (C=O) groups excluding carboxylic acids is 1. The molecule has 118 valence electrons. The van der Waals surface area contributed by atoms with Crippen molar-refractivity contribution in [1.82, 2.24) is 4.90 Å². The maximum atomic E-state index is 13.3. The molecule has 5 fully saturated rings. The monoisotopic (exact) mass is 309 g/mol. The molecule has 0 aromatic carbocycles. The smallest absolute Gasteiger partial charge is 0.228 e. The van der Waals surface area contributed by atoms with Crippen LogP contribution in [0.15, 0.2) is 0 Å². The summed E-state index contributed by atoms with van der Waals surface area (Å²) in [5.74, 6) is 2.96. The Labute approximate surface area is 133 Å². The molecule has 0 aliphatic heterocycles. The molecule has 4 bridgehead atoms. The summed E-state index contributed by atoms with van der Waals surface area (Å²) in [6.07, 6.45) is 12.3. The molecule has 2 unspecified atom stereocenters. The summed E-state index contributed by atoms with van der Waals surface area (Å²) in [7, 11) is 2.03. The summed E-state index contributed by atoms with van der Waals surface area (Å²) in [4.78, 5) is 15.4. The van der Waals surface area contributed by atoms with Crippen molar-refractivity contribution >= 4 is 17.5 Å². The quantitative estimate of drug-likeness (QED) is 0.700. The number of hydrogen-bond acceptors (Lipinski definition) is 1. The molecule has 5 rings (SSSR count). The fourth-order valence-electron chi connectivity index (χ4n) is 6.40. The molecular formula is C18H28ClNO. The Hall–Kier alpha value is -0.240. The van der Waals surface area contributed by atoms with E-state index in [1.54, 1.807) is 0 Å². The molecule has 0 aromatic heterocycles. The van der Waals surface area contributed by atoms with E-state index in [0.29, 0.717) is 5.91 Å². The Balaban J connectivity index is 1.54. The van der Waals surface area contributed by atoms with E-state index in [1.807, 2.05) is 7.05 Å². The molecule has 0 heterocycles. The summed E-state index contributed by atoms with van der Waals surface area (Å²) in [6.45, 7) is 0. The Morgan fingerprint density at radius 3 is 2.05 bits per heavy atom. The Bertz CT molecular complexity index is 400. The number of hydrogen-bond donors (Lipinski definition) is 0. The maximum Gasteiger partial charge on any atom is 0.228 e. The van der Waals surface area contributed by atoms with Gasteiger partial charge in [-0.15, -0.1) is 11.6 Å². The topological polar surface area (TPSA) is 20.3 Å². The van der Waals surface area contributed by atoms with Crippen molar-refractivity contribution in [3.05, 3.63) is 0 Å². The Morgan fingerprint density at radius 2 is 1.52 bits per heavy atom. The van der Waals surface area contributed by atoms with Gasteiger partial charge in [-0.3, -0.25) is 4.79 Å². The molecule has 2 atom stereocenters. The van der Waals surface area contributed by atoms with Crippen LogP contribution in [0.5, 0.6) is 0 Å². The molecule has 21 heavy (non-hydrogen) atoms. The van der Waals surface area contributed by atoms with E-state index in [4.69, 9.17) is 11.6 Å². The van der Waals surface area contributed by atoms with Gasteiger partial charge in [0.05, 0.1) is 10.8 Å². The second-order valence-corrected chi connectivity index (χ2v) is 9.04. The summed E-state index contributed by atoms with van der Waals surface area (Å²) in [6, 6.07) is 0.279. The minimum atomic E-state index is -0.00242. The van der Waals surface area contributed by atoms with Gasteiger partial charge in [0.15, 0.2) is 0 Å². The molecule has 0 spiro atoms. The average molecular weight is 310 g/mol. The lowest BCUT2D eigenvalue weighted by Crippen LogP contribution is -2.57. The first-order valence-electron chi connectivity index (χ1n) is 8.99. The van der Waals surface area contributed by atoms with Crippen molar-refractivity contribution in [3.8, 4) is 0 Å². The number of carbonyl (C=O) groups is 1. The van der Waals surface area contributed by atoms with Crippen molar-refractivity contribution in [2.75, 3.05) is 7.05 Å². The number of nitrogens with zero attached hydrogens (tertiary/aromatic N) is 1. The second kappa shape index (κ2) is 5.15. The highest BCUT2D eigenvalue weighted by molar-refractivity contribution is 6.21. The van der Waals surface area contributed by atoms with Crippen LogP contribution in [0, 0.1) is 23.2 Å². The van der Waals surface area contributed by atoms with Crippen molar-refractivity contribution in [1.29, 1.82) is 0 Å². The largest absolute Gasteiger partial charge is 0.341 e. The van der Waals surface area contributed by atoms with Crippen LogP contribution >= 0.6 is 11.6 Å². The van der Waals surface area contributed by atoms with Crippen LogP contribution in [0.2, 0.25) is 0 Å². The Kier molecular flexibility index (Phi) is 3.52. The third-order valence-corrected chi connectivity index (χ3v) is 7.47. The Morgan fingerprint density at radius 1 is 1.00 bits per heavy atom. The summed E-state index contributed by atoms with van der Waals surface area (Å²) >= 11 is 6.54. The van der Waals surface area contributed by atoms with Crippen molar-refractivity contribution in [2.24, 2.45) is 23.2 Å². The lowest BCUT2D eigenvalue weighted by atomic mass is 9.49. The fraction of sp³-hybridized carbons (Fsp3) is 0.944. The van der Waals surface area contributed by atoms with Crippen LogP contribution in [0.3, 0.4) is 0 Å². The van der Waals surface area contributed by atoms with Crippen LogP contribution in [-0.4, -0.2) is 29.3 Å².